The molecule has 2 aromatic rings. The van der Waals surface area contributed by atoms with E-state index in [2.05, 4.69) is 0 Å². The Morgan fingerprint density at radius 2 is 1.84 bits per heavy atom. The maximum atomic E-state index is 13.4. The number of fused-ring (bicyclic) bond motifs is 1. The van der Waals surface area contributed by atoms with Crippen LogP contribution in [0.15, 0.2) is 30.5 Å². The molecule has 0 aliphatic heterocycles. The number of amides is 2. The number of alkyl halides is 6. The Labute approximate surface area is 178 Å². The zero-order chi connectivity index (χ0) is 24.3. The molecule has 0 bridgehead atoms. The molecule has 0 radical (unpaired) electrons. The molecule has 0 spiro atoms. The molecule has 1 unspecified atom stereocenters. The molecule has 0 saturated heterocycles. The summed E-state index contributed by atoms with van der Waals surface area (Å²) in [6.45, 7) is 0.774. The SMILES string of the molecule is COc1cc(N(C(=O)C(F)(F)F)C(C)CCCNC(=O)C(F)(F)F)c2c(ccc[n+]2[O-])c1. The van der Waals surface area contributed by atoms with E-state index in [9.17, 15) is 41.1 Å². The number of hydrogen-bond acceptors (Lipinski definition) is 4. The number of carbonyl (C=O) groups is 2. The summed E-state index contributed by atoms with van der Waals surface area (Å²) in [4.78, 5) is 23.5. The van der Waals surface area contributed by atoms with E-state index in [1.54, 1.807) is 5.32 Å². The number of pyridine rings is 1. The molecule has 0 fully saturated rings. The number of aromatic nitrogens is 1. The van der Waals surface area contributed by atoms with Gasteiger partial charge in [0.15, 0.2) is 6.20 Å². The third-order valence-corrected chi connectivity index (χ3v) is 4.55. The van der Waals surface area contributed by atoms with Crippen LogP contribution in [0.1, 0.15) is 19.8 Å². The molecule has 2 amide bonds. The number of benzene rings is 1. The van der Waals surface area contributed by atoms with Crippen LogP contribution in [0, 0.1) is 5.21 Å². The van der Waals surface area contributed by atoms with Gasteiger partial charge in [-0.3, -0.25) is 14.5 Å². The van der Waals surface area contributed by atoms with E-state index in [1.807, 2.05) is 0 Å². The number of nitrogens with one attached hydrogen (secondary N) is 1. The van der Waals surface area contributed by atoms with E-state index in [0.717, 1.165) is 12.3 Å². The van der Waals surface area contributed by atoms with Gasteiger partial charge in [0.1, 0.15) is 11.4 Å². The van der Waals surface area contributed by atoms with Crippen LogP contribution >= 0.6 is 0 Å². The third kappa shape index (κ3) is 5.71. The molecule has 0 aliphatic rings. The van der Waals surface area contributed by atoms with E-state index in [1.165, 1.54) is 32.2 Å². The van der Waals surface area contributed by atoms with Gasteiger partial charge in [0.25, 0.3) is 0 Å². The topological polar surface area (TPSA) is 85.6 Å². The van der Waals surface area contributed by atoms with Crippen molar-refractivity contribution in [3.63, 3.8) is 0 Å². The molecule has 7 nitrogen and oxygen atoms in total. The van der Waals surface area contributed by atoms with Crippen molar-refractivity contribution in [3.05, 3.63) is 35.7 Å². The summed E-state index contributed by atoms with van der Waals surface area (Å²) >= 11 is 0. The Morgan fingerprint density at radius 1 is 1.19 bits per heavy atom. The van der Waals surface area contributed by atoms with Crippen LogP contribution in [-0.2, 0) is 9.59 Å². The molecule has 0 aliphatic carbocycles. The smallest absolute Gasteiger partial charge is 0.471 e. The van der Waals surface area contributed by atoms with Gasteiger partial charge in [-0.25, -0.2) is 0 Å². The first-order valence-electron chi connectivity index (χ1n) is 9.22. The fraction of sp³-hybridized carbons (Fsp3) is 0.421. The number of carbonyl (C=O) groups excluding carboxylic acids is 2. The van der Waals surface area contributed by atoms with Crippen molar-refractivity contribution in [3.8, 4) is 5.75 Å². The van der Waals surface area contributed by atoms with E-state index in [-0.39, 0.29) is 35.2 Å². The minimum Gasteiger partial charge on any atom is -0.618 e. The van der Waals surface area contributed by atoms with Gasteiger partial charge in [0.2, 0.25) is 5.52 Å². The average molecular weight is 467 g/mol. The van der Waals surface area contributed by atoms with Gasteiger partial charge < -0.3 is 15.3 Å². The minimum absolute atomic E-state index is 0.0864. The monoisotopic (exact) mass is 467 g/mol. The van der Waals surface area contributed by atoms with Gasteiger partial charge in [-0.15, -0.1) is 0 Å². The van der Waals surface area contributed by atoms with Crippen molar-refractivity contribution in [2.75, 3.05) is 18.6 Å². The van der Waals surface area contributed by atoms with Crippen molar-refractivity contribution in [2.24, 2.45) is 0 Å². The summed E-state index contributed by atoms with van der Waals surface area (Å²) in [5, 5.41) is 14.1. The maximum Gasteiger partial charge on any atom is 0.471 e. The predicted molar refractivity (Wildman–Crippen MR) is 101 cm³/mol. The molecule has 32 heavy (non-hydrogen) atoms. The fourth-order valence-electron chi connectivity index (χ4n) is 3.09. The van der Waals surface area contributed by atoms with Gasteiger partial charge in [-0.05, 0) is 31.9 Å². The van der Waals surface area contributed by atoms with E-state index < -0.39 is 36.8 Å². The van der Waals surface area contributed by atoms with Crippen molar-refractivity contribution in [2.45, 2.75) is 38.2 Å². The van der Waals surface area contributed by atoms with E-state index >= 15 is 0 Å². The molecular weight excluding hydrogens is 448 g/mol. The van der Waals surface area contributed by atoms with Gasteiger partial charge in [-0.2, -0.15) is 31.1 Å². The molecule has 2 rings (SSSR count). The first kappa shape index (κ1) is 25.0. The van der Waals surface area contributed by atoms with Crippen LogP contribution in [0.3, 0.4) is 0 Å². The highest BCUT2D eigenvalue weighted by Crippen LogP contribution is 2.34. The number of methoxy groups -OCH3 is 1. The Kier molecular flexibility index (Phi) is 7.42. The Bertz CT molecular complexity index is 993. The largest absolute Gasteiger partial charge is 0.618 e. The van der Waals surface area contributed by atoms with Crippen molar-refractivity contribution in [1.29, 1.82) is 0 Å². The number of nitrogens with zero attached hydrogens (tertiary/aromatic N) is 2. The second-order valence-corrected chi connectivity index (χ2v) is 6.84. The van der Waals surface area contributed by atoms with E-state index in [0.29, 0.717) is 9.63 Å². The molecule has 1 aromatic heterocycles. The zero-order valence-electron chi connectivity index (χ0n) is 16.9. The predicted octanol–water partition coefficient (Wildman–Crippen LogP) is 3.22. The Morgan fingerprint density at radius 3 is 2.41 bits per heavy atom. The van der Waals surface area contributed by atoms with Gasteiger partial charge in [-0.1, -0.05) is 0 Å². The average Bonchev–Trinajstić information content (AvgIpc) is 2.69. The molecule has 13 heteroatoms. The van der Waals surface area contributed by atoms with Crippen molar-refractivity contribution in [1.82, 2.24) is 5.32 Å². The highest BCUT2D eigenvalue weighted by Gasteiger charge is 2.46. The number of hydrogen-bond donors (Lipinski definition) is 1. The molecule has 1 N–H and O–H groups in total. The lowest BCUT2D eigenvalue weighted by atomic mass is 10.1. The summed E-state index contributed by atoms with van der Waals surface area (Å²) in [7, 11) is 1.25. The number of anilines is 1. The van der Waals surface area contributed by atoms with Crippen LogP contribution in [0.25, 0.3) is 10.9 Å². The molecule has 1 aromatic carbocycles. The summed E-state index contributed by atoms with van der Waals surface area (Å²) < 4.78 is 82.2. The summed E-state index contributed by atoms with van der Waals surface area (Å²) in [5.41, 5.74) is -0.591. The first-order chi connectivity index (χ1) is 14.8. The van der Waals surface area contributed by atoms with E-state index in [4.69, 9.17) is 4.74 Å². The third-order valence-electron chi connectivity index (χ3n) is 4.55. The van der Waals surface area contributed by atoms with Crippen LogP contribution in [-0.4, -0.2) is 43.9 Å². The molecule has 1 atom stereocenters. The molecular formula is C19H19F6N3O4. The van der Waals surface area contributed by atoms with Crippen molar-refractivity contribution < 1.29 is 45.4 Å². The molecule has 176 valence electrons. The first-order valence-corrected chi connectivity index (χ1v) is 9.22. The Hall–Kier alpha value is -3.25. The van der Waals surface area contributed by atoms with Crippen LogP contribution < -0.4 is 19.7 Å². The highest BCUT2D eigenvalue weighted by atomic mass is 19.4. The summed E-state index contributed by atoms with van der Waals surface area (Å²) in [5.74, 6) is -4.36. The normalized spacial score (nSPS) is 13.0. The standard InChI is InChI=1S/C19H19F6N3O4/c1-11(5-3-7-26-16(29)18(20,21)22)28(17(30)19(23,24)25)14-10-13(32-2)9-12-6-4-8-27(31)15(12)14/h4,6,8-11H,3,5,7H2,1-2H3,(H,26,29). The molecule has 1 heterocycles. The summed E-state index contributed by atoms with van der Waals surface area (Å²) in [6, 6.07) is 4.12. The van der Waals surface area contributed by atoms with Crippen LogP contribution in [0.5, 0.6) is 5.75 Å². The van der Waals surface area contributed by atoms with Gasteiger partial charge in [0, 0.05) is 24.7 Å². The highest BCUT2D eigenvalue weighted by molar-refractivity contribution is 6.04. The van der Waals surface area contributed by atoms with Crippen LogP contribution in [0.4, 0.5) is 32.0 Å². The number of ether oxygens (including phenoxy) is 1. The minimum atomic E-state index is -5.29. The lowest BCUT2D eigenvalue weighted by Crippen LogP contribution is -2.47. The van der Waals surface area contributed by atoms with Crippen LogP contribution in [0.2, 0.25) is 0 Å². The quantitative estimate of drug-likeness (QED) is 0.293. The lowest BCUT2D eigenvalue weighted by molar-refractivity contribution is -0.576. The Balaban J connectivity index is 2.41. The number of rotatable bonds is 7. The van der Waals surface area contributed by atoms with Gasteiger partial charge in [0.05, 0.1) is 12.5 Å². The second-order valence-electron chi connectivity index (χ2n) is 6.84. The fourth-order valence-corrected chi connectivity index (χ4v) is 3.09. The summed E-state index contributed by atoms with van der Waals surface area (Å²) in [6.07, 6.45) is -9.71. The second kappa shape index (κ2) is 9.49. The maximum absolute atomic E-state index is 13.4. The van der Waals surface area contributed by atoms with Gasteiger partial charge >= 0.3 is 24.2 Å². The zero-order valence-corrected chi connectivity index (χ0v) is 16.9. The van der Waals surface area contributed by atoms with Crippen molar-refractivity contribution >= 4 is 28.4 Å². The lowest BCUT2D eigenvalue weighted by Gasteiger charge is -2.30. The molecule has 0 saturated carbocycles. The number of halogens is 6.